The maximum Gasteiger partial charge on any atom is 0.415 e. The molecule has 13 heavy (non-hydrogen) atoms. The molecule has 0 aromatic rings. The first-order valence-corrected chi connectivity index (χ1v) is 3.34. The number of rotatable bonds is 2. The molecule has 0 aliphatic carbocycles. The van der Waals surface area contributed by atoms with E-state index >= 15 is 0 Å². The van der Waals surface area contributed by atoms with Crippen molar-refractivity contribution in [1.29, 1.82) is 0 Å². The molecule has 0 aliphatic rings. The van der Waals surface area contributed by atoms with Crippen LogP contribution in [0.1, 0.15) is 0 Å². The van der Waals surface area contributed by atoms with Gasteiger partial charge in [0, 0.05) is 5.57 Å². The number of hydrogen-bond acceptors (Lipinski definition) is 2. The van der Waals surface area contributed by atoms with Crippen molar-refractivity contribution in [1.82, 2.24) is 0 Å². The van der Waals surface area contributed by atoms with E-state index in [0.29, 0.717) is 6.08 Å². The Kier molecular flexibility index (Phi) is 3.80. The minimum atomic E-state index is -4.53. The van der Waals surface area contributed by atoms with Crippen molar-refractivity contribution in [3.63, 3.8) is 0 Å². The molecule has 0 unspecified atom stereocenters. The van der Waals surface area contributed by atoms with Crippen LogP contribution in [-0.2, 0) is 0 Å². The lowest BCUT2D eigenvalue weighted by Crippen LogP contribution is -2.16. The van der Waals surface area contributed by atoms with Crippen LogP contribution in [0.4, 0.5) is 13.2 Å². The average Bonchev–Trinajstić information content (AvgIpc) is 2.01. The van der Waals surface area contributed by atoms with Crippen LogP contribution < -0.4 is 11.6 Å². The number of hydrazone groups is 1. The van der Waals surface area contributed by atoms with Crippen LogP contribution >= 0.6 is 11.6 Å². The summed E-state index contributed by atoms with van der Waals surface area (Å²) in [6.07, 6.45) is -3.98. The smallest absolute Gasteiger partial charge is 0.381 e. The van der Waals surface area contributed by atoms with Gasteiger partial charge in [-0.1, -0.05) is 18.2 Å². The average molecular weight is 214 g/mol. The molecule has 0 fully saturated rings. The number of alkyl halides is 3. The number of allylic oxidation sites excluding steroid dienone is 2. The first-order chi connectivity index (χ1) is 5.79. The zero-order valence-electron chi connectivity index (χ0n) is 6.40. The Morgan fingerprint density at radius 2 is 1.92 bits per heavy atom. The summed E-state index contributed by atoms with van der Waals surface area (Å²) < 4.78 is 35.6. The summed E-state index contributed by atoms with van der Waals surface area (Å²) in [6, 6.07) is 0. The van der Waals surface area contributed by atoms with Gasteiger partial charge in [0.05, 0.1) is 5.03 Å². The van der Waals surface area contributed by atoms with E-state index in [1.54, 1.807) is 0 Å². The maximum atomic E-state index is 11.9. The van der Waals surface area contributed by atoms with Crippen molar-refractivity contribution in [2.24, 2.45) is 16.7 Å². The van der Waals surface area contributed by atoms with Crippen LogP contribution in [-0.4, -0.2) is 12.0 Å². The van der Waals surface area contributed by atoms with E-state index in [1.807, 2.05) is 0 Å². The number of nitrogens with zero attached hydrogens (tertiary/aromatic N) is 1. The Hall–Kier alpha value is -1.17. The molecule has 0 rings (SSSR count). The molecule has 0 aromatic carbocycles. The van der Waals surface area contributed by atoms with Crippen molar-refractivity contribution in [2.45, 2.75) is 6.18 Å². The molecule has 0 aromatic heterocycles. The van der Waals surface area contributed by atoms with E-state index < -0.39 is 16.8 Å². The summed E-state index contributed by atoms with van der Waals surface area (Å²) in [5.74, 6) is 4.30. The lowest BCUT2D eigenvalue weighted by molar-refractivity contribution is -0.0878. The van der Waals surface area contributed by atoms with E-state index in [4.69, 9.17) is 17.3 Å². The first-order valence-electron chi connectivity index (χ1n) is 2.96. The fourth-order valence-corrected chi connectivity index (χ4v) is 0.551. The Bertz CT molecular complexity index is 267. The summed E-state index contributed by atoms with van der Waals surface area (Å²) in [6.45, 7) is 2.75. The van der Waals surface area contributed by atoms with Gasteiger partial charge in [-0.15, -0.1) is 0 Å². The highest BCUT2D eigenvalue weighted by molar-refractivity contribution is 6.43. The molecule has 0 heterocycles. The van der Waals surface area contributed by atoms with Gasteiger partial charge >= 0.3 is 6.18 Å². The SMILES string of the molecule is C=C(/C=C(Cl)\C(N)=N/N)C(F)(F)F. The van der Waals surface area contributed by atoms with Crippen molar-refractivity contribution in [2.75, 3.05) is 0 Å². The summed E-state index contributed by atoms with van der Waals surface area (Å²) in [5.41, 5.74) is 3.90. The number of halogens is 4. The summed E-state index contributed by atoms with van der Waals surface area (Å²) >= 11 is 5.30. The normalized spacial score (nSPS) is 14.5. The largest absolute Gasteiger partial charge is 0.415 e. The van der Waals surface area contributed by atoms with Crippen LogP contribution in [0.15, 0.2) is 28.4 Å². The van der Waals surface area contributed by atoms with Crippen molar-refractivity contribution in [3.8, 4) is 0 Å². The van der Waals surface area contributed by atoms with Gasteiger partial charge in [-0.05, 0) is 6.08 Å². The lowest BCUT2D eigenvalue weighted by Gasteiger charge is -2.05. The number of nitrogens with two attached hydrogens (primary N) is 2. The zero-order valence-corrected chi connectivity index (χ0v) is 7.15. The Balaban J connectivity index is 4.69. The monoisotopic (exact) mass is 213 g/mol. The van der Waals surface area contributed by atoms with Crippen LogP contribution in [0.25, 0.3) is 0 Å². The Labute approximate surface area is 77.5 Å². The van der Waals surface area contributed by atoms with Crippen molar-refractivity contribution < 1.29 is 13.2 Å². The molecule has 0 aliphatic heterocycles. The summed E-state index contributed by atoms with van der Waals surface area (Å²) in [4.78, 5) is 0. The van der Waals surface area contributed by atoms with E-state index in [1.165, 1.54) is 0 Å². The molecule has 0 spiro atoms. The van der Waals surface area contributed by atoms with Gasteiger partial charge in [0.1, 0.15) is 0 Å². The molecule has 0 saturated heterocycles. The topological polar surface area (TPSA) is 64.4 Å². The second-order valence-electron chi connectivity index (χ2n) is 2.03. The predicted molar refractivity (Wildman–Crippen MR) is 44.9 cm³/mol. The van der Waals surface area contributed by atoms with Gasteiger partial charge in [0.25, 0.3) is 0 Å². The molecule has 0 bridgehead atoms. The Morgan fingerprint density at radius 3 is 2.23 bits per heavy atom. The highest BCUT2D eigenvalue weighted by Gasteiger charge is 2.30. The van der Waals surface area contributed by atoms with Crippen LogP contribution in [0, 0.1) is 0 Å². The van der Waals surface area contributed by atoms with Crippen molar-refractivity contribution >= 4 is 17.4 Å². The molecular weight excluding hydrogens is 207 g/mol. The fourth-order valence-electron chi connectivity index (χ4n) is 0.370. The molecule has 0 radical (unpaired) electrons. The fraction of sp³-hybridized carbons (Fsp3) is 0.167. The predicted octanol–water partition coefficient (Wildman–Crippen LogP) is 1.46. The molecule has 0 amide bonds. The molecule has 0 saturated carbocycles. The second-order valence-corrected chi connectivity index (χ2v) is 2.44. The third-order valence-electron chi connectivity index (χ3n) is 1.05. The van der Waals surface area contributed by atoms with E-state index in [9.17, 15) is 13.2 Å². The highest BCUT2D eigenvalue weighted by Crippen LogP contribution is 2.26. The van der Waals surface area contributed by atoms with Gasteiger partial charge in [-0.25, -0.2) is 0 Å². The number of amidine groups is 1. The van der Waals surface area contributed by atoms with Gasteiger partial charge in [-0.2, -0.15) is 18.3 Å². The van der Waals surface area contributed by atoms with Gasteiger partial charge in [-0.3, -0.25) is 0 Å². The van der Waals surface area contributed by atoms with Crippen LogP contribution in [0.5, 0.6) is 0 Å². The lowest BCUT2D eigenvalue weighted by atomic mass is 10.2. The van der Waals surface area contributed by atoms with Crippen LogP contribution in [0.2, 0.25) is 0 Å². The summed E-state index contributed by atoms with van der Waals surface area (Å²) in [7, 11) is 0. The van der Waals surface area contributed by atoms with E-state index in [-0.39, 0.29) is 5.84 Å². The minimum Gasteiger partial charge on any atom is -0.381 e. The van der Waals surface area contributed by atoms with Gasteiger partial charge < -0.3 is 11.6 Å². The molecule has 7 heteroatoms. The summed E-state index contributed by atoms with van der Waals surface area (Å²) in [5, 5.41) is 2.51. The Morgan fingerprint density at radius 1 is 1.46 bits per heavy atom. The van der Waals surface area contributed by atoms with Crippen LogP contribution in [0.3, 0.4) is 0 Å². The standard InChI is InChI=1S/C6H7ClF3N3/c1-3(6(8,9)10)2-4(7)5(11)13-12/h2H,1,12H2,(H2,11,13)/b4-2+. The van der Waals surface area contributed by atoms with E-state index in [0.717, 1.165) is 0 Å². The van der Waals surface area contributed by atoms with Gasteiger partial charge in [0.15, 0.2) is 5.84 Å². The highest BCUT2D eigenvalue weighted by atomic mass is 35.5. The van der Waals surface area contributed by atoms with E-state index in [2.05, 4.69) is 17.5 Å². The molecule has 3 nitrogen and oxygen atoms in total. The first kappa shape index (κ1) is 11.8. The third kappa shape index (κ3) is 3.84. The number of hydrogen-bond donors (Lipinski definition) is 2. The third-order valence-corrected chi connectivity index (χ3v) is 1.35. The second kappa shape index (κ2) is 4.18. The molecular formula is C6H7ClF3N3. The maximum absolute atomic E-state index is 11.9. The van der Waals surface area contributed by atoms with Crippen molar-refractivity contribution in [3.05, 3.63) is 23.3 Å². The molecule has 0 atom stereocenters. The molecule has 74 valence electrons. The van der Waals surface area contributed by atoms with Gasteiger partial charge in [0.2, 0.25) is 0 Å². The molecule has 4 N–H and O–H groups in total. The quantitative estimate of drug-likeness (QED) is 0.240. The minimum absolute atomic E-state index is 0.382. The zero-order chi connectivity index (χ0) is 10.6.